The van der Waals surface area contributed by atoms with Crippen LogP contribution >= 0.6 is 0 Å². The van der Waals surface area contributed by atoms with Crippen LogP contribution in [0.1, 0.15) is 46.2 Å². The molecule has 0 heterocycles. The first kappa shape index (κ1) is 16.0. The van der Waals surface area contributed by atoms with Crippen LogP contribution in [-0.2, 0) is 4.74 Å². The zero-order valence-electron chi connectivity index (χ0n) is 12.8. The second-order valence-electron chi connectivity index (χ2n) is 5.66. The Morgan fingerprint density at radius 3 is 2.58 bits per heavy atom. The minimum Gasteiger partial charge on any atom is -0.491 e. The molecule has 1 N–H and O–H groups in total. The standard InChI is InChI=1S/C16H27NO2/c1-6-17-13(2)14-8-7-9-15(12-14)18-10-11-19-16(3,4)5/h7-9,12-13,17H,6,10-11H2,1-5H3. The van der Waals surface area contributed by atoms with Crippen molar-refractivity contribution in [3.05, 3.63) is 29.8 Å². The van der Waals surface area contributed by atoms with E-state index < -0.39 is 0 Å². The highest BCUT2D eigenvalue weighted by molar-refractivity contribution is 5.30. The van der Waals surface area contributed by atoms with Gasteiger partial charge in [-0.25, -0.2) is 0 Å². The van der Waals surface area contributed by atoms with Crippen molar-refractivity contribution >= 4 is 0 Å². The Bertz CT molecular complexity index is 371. The summed E-state index contributed by atoms with van der Waals surface area (Å²) in [4.78, 5) is 0. The molecular weight excluding hydrogens is 238 g/mol. The van der Waals surface area contributed by atoms with Crippen LogP contribution in [0.15, 0.2) is 24.3 Å². The molecule has 3 heteroatoms. The van der Waals surface area contributed by atoms with Crippen molar-refractivity contribution in [2.45, 2.75) is 46.3 Å². The fourth-order valence-corrected chi connectivity index (χ4v) is 1.81. The van der Waals surface area contributed by atoms with Crippen molar-refractivity contribution in [2.75, 3.05) is 19.8 Å². The summed E-state index contributed by atoms with van der Waals surface area (Å²) < 4.78 is 11.3. The van der Waals surface area contributed by atoms with Gasteiger partial charge >= 0.3 is 0 Å². The number of rotatable bonds is 7. The van der Waals surface area contributed by atoms with Gasteiger partial charge in [-0.1, -0.05) is 19.1 Å². The maximum absolute atomic E-state index is 5.72. The van der Waals surface area contributed by atoms with Gasteiger partial charge in [-0.3, -0.25) is 0 Å². The van der Waals surface area contributed by atoms with Gasteiger partial charge in [-0.05, 0) is 51.9 Å². The maximum atomic E-state index is 5.72. The fraction of sp³-hybridized carbons (Fsp3) is 0.625. The van der Waals surface area contributed by atoms with Crippen LogP contribution in [0.5, 0.6) is 5.75 Å². The lowest BCUT2D eigenvalue weighted by atomic mass is 10.1. The SMILES string of the molecule is CCNC(C)c1cccc(OCCOC(C)(C)C)c1. The Morgan fingerprint density at radius 2 is 1.95 bits per heavy atom. The Morgan fingerprint density at radius 1 is 1.21 bits per heavy atom. The minimum atomic E-state index is -0.106. The lowest BCUT2D eigenvalue weighted by Crippen LogP contribution is -2.22. The molecule has 108 valence electrons. The first-order valence-electron chi connectivity index (χ1n) is 7.02. The van der Waals surface area contributed by atoms with E-state index >= 15 is 0 Å². The van der Waals surface area contributed by atoms with E-state index in [2.05, 4.69) is 31.3 Å². The quantitative estimate of drug-likeness (QED) is 0.765. The van der Waals surface area contributed by atoms with Crippen molar-refractivity contribution in [3.63, 3.8) is 0 Å². The molecule has 3 nitrogen and oxygen atoms in total. The molecule has 0 saturated carbocycles. The second-order valence-corrected chi connectivity index (χ2v) is 5.66. The molecule has 0 aliphatic heterocycles. The summed E-state index contributed by atoms with van der Waals surface area (Å²) in [5.74, 6) is 0.903. The monoisotopic (exact) mass is 265 g/mol. The van der Waals surface area contributed by atoms with Gasteiger partial charge in [0.05, 0.1) is 12.2 Å². The van der Waals surface area contributed by atoms with E-state index in [4.69, 9.17) is 9.47 Å². The number of nitrogens with one attached hydrogen (secondary N) is 1. The maximum Gasteiger partial charge on any atom is 0.119 e. The van der Waals surface area contributed by atoms with Crippen molar-refractivity contribution in [3.8, 4) is 5.75 Å². The van der Waals surface area contributed by atoms with E-state index in [1.54, 1.807) is 0 Å². The van der Waals surface area contributed by atoms with E-state index in [-0.39, 0.29) is 5.60 Å². The lowest BCUT2D eigenvalue weighted by Gasteiger charge is -2.19. The molecule has 0 fully saturated rings. The van der Waals surface area contributed by atoms with Crippen molar-refractivity contribution in [1.29, 1.82) is 0 Å². The zero-order valence-corrected chi connectivity index (χ0v) is 12.8. The summed E-state index contributed by atoms with van der Waals surface area (Å²) in [6.07, 6.45) is 0. The van der Waals surface area contributed by atoms with Crippen LogP contribution in [0.25, 0.3) is 0 Å². The summed E-state index contributed by atoms with van der Waals surface area (Å²) in [5.41, 5.74) is 1.14. The normalized spacial score (nSPS) is 13.3. The average Bonchev–Trinajstić information content (AvgIpc) is 2.34. The largest absolute Gasteiger partial charge is 0.491 e. The molecular formula is C16H27NO2. The summed E-state index contributed by atoms with van der Waals surface area (Å²) in [7, 11) is 0. The highest BCUT2D eigenvalue weighted by Gasteiger charge is 2.09. The minimum absolute atomic E-state index is 0.106. The molecule has 1 aromatic rings. The summed E-state index contributed by atoms with van der Waals surface area (Å²) in [6, 6.07) is 8.57. The molecule has 19 heavy (non-hydrogen) atoms. The molecule has 1 aromatic carbocycles. The highest BCUT2D eigenvalue weighted by Crippen LogP contribution is 2.19. The van der Waals surface area contributed by atoms with Crippen molar-refractivity contribution < 1.29 is 9.47 Å². The number of hydrogen-bond acceptors (Lipinski definition) is 3. The smallest absolute Gasteiger partial charge is 0.119 e. The van der Waals surface area contributed by atoms with Gasteiger partial charge in [0, 0.05) is 6.04 Å². The molecule has 1 atom stereocenters. The fourth-order valence-electron chi connectivity index (χ4n) is 1.81. The molecule has 1 rings (SSSR count). The Kier molecular flexibility index (Phi) is 6.32. The Labute approximate surface area is 117 Å². The van der Waals surface area contributed by atoms with Crippen LogP contribution in [0.4, 0.5) is 0 Å². The molecule has 1 unspecified atom stereocenters. The van der Waals surface area contributed by atoms with E-state index in [0.717, 1.165) is 12.3 Å². The van der Waals surface area contributed by atoms with Gasteiger partial charge in [-0.2, -0.15) is 0 Å². The summed E-state index contributed by atoms with van der Waals surface area (Å²) >= 11 is 0. The van der Waals surface area contributed by atoms with Crippen LogP contribution in [0, 0.1) is 0 Å². The summed E-state index contributed by atoms with van der Waals surface area (Å²) in [6.45, 7) is 12.6. The third-order valence-electron chi connectivity index (χ3n) is 2.76. The van der Waals surface area contributed by atoms with E-state index in [9.17, 15) is 0 Å². The number of benzene rings is 1. The second kappa shape index (κ2) is 7.51. The van der Waals surface area contributed by atoms with Crippen LogP contribution < -0.4 is 10.1 Å². The third kappa shape index (κ3) is 6.60. The van der Waals surface area contributed by atoms with Gasteiger partial charge < -0.3 is 14.8 Å². The molecule has 0 aliphatic carbocycles. The van der Waals surface area contributed by atoms with Gasteiger partial charge in [0.15, 0.2) is 0 Å². The van der Waals surface area contributed by atoms with Gasteiger partial charge in [0.2, 0.25) is 0 Å². The Balaban J connectivity index is 2.44. The molecule has 0 spiro atoms. The number of hydrogen-bond donors (Lipinski definition) is 1. The predicted molar refractivity (Wildman–Crippen MR) is 79.7 cm³/mol. The van der Waals surface area contributed by atoms with Crippen LogP contribution in [0.3, 0.4) is 0 Å². The highest BCUT2D eigenvalue weighted by atomic mass is 16.5. The van der Waals surface area contributed by atoms with E-state index in [1.165, 1.54) is 5.56 Å². The first-order chi connectivity index (χ1) is 8.92. The lowest BCUT2D eigenvalue weighted by molar-refractivity contribution is -0.0163. The predicted octanol–water partition coefficient (Wildman–Crippen LogP) is 3.55. The van der Waals surface area contributed by atoms with Gasteiger partial charge in [0.25, 0.3) is 0 Å². The van der Waals surface area contributed by atoms with E-state index in [1.807, 2.05) is 32.9 Å². The molecule has 0 saturated heterocycles. The summed E-state index contributed by atoms with van der Waals surface area (Å²) in [5, 5.41) is 3.40. The topological polar surface area (TPSA) is 30.5 Å². The zero-order chi connectivity index (χ0) is 14.3. The molecule has 0 amide bonds. The molecule has 0 bridgehead atoms. The Hall–Kier alpha value is -1.06. The van der Waals surface area contributed by atoms with Gasteiger partial charge in [-0.15, -0.1) is 0 Å². The van der Waals surface area contributed by atoms with Gasteiger partial charge in [0.1, 0.15) is 12.4 Å². The van der Waals surface area contributed by atoms with Crippen molar-refractivity contribution in [2.24, 2.45) is 0 Å². The van der Waals surface area contributed by atoms with Crippen molar-refractivity contribution in [1.82, 2.24) is 5.32 Å². The van der Waals surface area contributed by atoms with Crippen LogP contribution in [-0.4, -0.2) is 25.4 Å². The average molecular weight is 265 g/mol. The van der Waals surface area contributed by atoms with Crippen LogP contribution in [0.2, 0.25) is 0 Å². The van der Waals surface area contributed by atoms with E-state index in [0.29, 0.717) is 19.3 Å². The first-order valence-corrected chi connectivity index (χ1v) is 7.02. The number of ether oxygens (including phenoxy) is 2. The molecule has 0 radical (unpaired) electrons. The molecule has 0 aromatic heterocycles. The molecule has 0 aliphatic rings. The third-order valence-corrected chi connectivity index (χ3v) is 2.76.